The number of carbonyl (C=O) groups excluding carboxylic acids is 1. The molecule has 0 heterocycles. The van der Waals surface area contributed by atoms with Crippen LogP contribution in [0, 0.1) is 6.92 Å². The largest absolute Gasteiger partial charge is 0.465 e. The second-order valence-electron chi connectivity index (χ2n) is 4.99. The third-order valence-corrected chi connectivity index (χ3v) is 3.01. The SMILES string of the molecule is CCOC(=O)C(C)(N)CN(CC)c1cccc(C)c1. The van der Waals surface area contributed by atoms with Gasteiger partial charge in [0.2, 0.25) is 0 Å². The Bertz CT molecular complexity index is 430. The number of esters is 1. The summed E-state index contributed by atoms with van der Waals surface area (Å²) in [5.41, 5.74) is 7.34. The van der Waals surface area contributed by atoms with Crippen LogP contribution in [0.3, 0.4) is 0 Å². The van der Waals surface area contributed by atoms with Crippen LogP contribution in [0.4, 0.5) is 5.69 Å². The molecule has 2 N–H and O–H groups in total. The second-order valence-corrected chi connectivity index (χ2v) is 4.99. The highest BCUT2D eigenvalue weighted by molar-refractivity contribution is 5.81. The van der Waals surface area contributed by atoms with E-state index in [1.54, 1.807) is 13.8 Å². The van der Waals surface area contributed by atoms with E-state index < -0.39 is 5.54 Å². The van der Waals surface area contributed by atoms with Gasteiger partial charge in [0.1, 0.15) is 5.54 Å². The van der Waals surface area contributed by atoms with Crippen molar-refractivity contribution in [1.82, 2.24) is 0 Å². The average Bonchev–Trinajstić information content (AvgIpc) is 2.36. The van der Waals surface area contributed by atoms with Gasteiger partial charge in [0.25, 0.3) is 0 Å². The molecule has 0 saturated carbocycles. The molecule has 0 aliphatic rings. The molecule has 1 rings (SSSR count). The Morgan fingerprint density at radius 2 is 2.11 bits per heavy atom. The first kappa shape index (κ1) is 15.5. The van der Waals surface area contributed by atoms with Crippen LogP contribution < -0.4 is 10.6 Å². The van der Waals surface area contributed by atoms with Crippen molar-refractivity contribution in [2.24, 2.45) is 5.73 Å². The summed E-state index contributed by atoms with van der Waals surface area (Å²) in [6.45, 7) is 9.16. The maximum atomic E-state index is 11.8. The molecular formula is C15H24N2O2. The molecular weight excluding hydrogens is 240 g/mol. The number of hydrogen-bond donors (Lipinski definition) is 1. The van der Waals surface area contributed by atoms with Crippen molar-refractivity contribution in [2.45, 2.75) is 33.2 Å². The van der Waals surface area contributed by atoms with Crippen LogP contribution >= 0.6 is 0 Å². The predicted octanol–water partition coefficient (Wildman–Crippen LogP) is 2.10. The molecule has 0 saturated heterocycles. The molecule has 4 nitrogen and oxygen atoms in total. The zero-order chi connectivity index (χ0) is 14.5. The monoisotopic (exact) mass is 264 g/mol. The van der Waals surface area contributed by atoms with Crippen molar-refractivity contribution in [3.8, 4) is 0 Å². The highest BCUT2D eigenvalue weighted by Crippen LogP contribution is 2.18. The Morgan fingerprint density at radius 3 is 2.63 bits per heavy atom. The van der Waals surface area contributed by atoms with Gasteiger partial charge in [-0.05, 0) is 45.4 Å². The highest BCUT2D eigenvalue weighted by atomic mass is 16.5. The molecule has 0 bridgehead atoms. The molecule has 0 amide bonds. The standard InChI is InChI=1S/C15H24N2O2/c1-5-17(13-9-7-8-12(3)10-13)11-15(4,16)14(18)19-6-2/h7-10H,5-6,11,16H2,1-4H3. The molecule has 1 aromatic rings. The van der Waals surface area contributed by atoms with E-state index >= 15 is 0 Å². The van der Waals surface area contributed by atoms with Crippen molar-refractivity contribution in [3.05, 3.63) is 29.8 Å². The topological polar surface area (TPSA) is 55.6 Å². The molecule has 1 atom stereocenters. The van der Waals surface area contributed by atoms with Crippen LogP contribution in [0.1, 0.15) is 26.3 Å². The van der Waals surface area contributed by atoms with Crippen LogP contribution in [-0.4, -0.2) is 31.2 Å². The second kappa shape index (κ2) is 6.57. The van der Waals surface area contributed by atoms with E-state index in [1.165, 1.54) is 5.56 Å². The van der Waals surface area contributed by atoms with Gasteiger partial charge < -0.3 is 15.4 Å². The third-order valence-electron chi connectivity index (χ3n) is 3.01. The van der Waals surface area contributed by atoms with Crippen LogP contribution in [0.25, 0.3) is 0 Å². The molecule has 0 aliphatic heterocycles. The number of nitrogens with zero attached hydrogens (tertiary/aromatic N) is 1. The van der Waals surface area contributed by atoms with Crippen molar-refractivity contribution in [1.29, 1.82) is 0 Å². The molecule has 4 heteroatoms. The number of nitrogens with two attached hydrogens (primary N) is 1. The summed E-state index contributed by atoms with van der Waals surface area (Å²) in [6.07, 6.45) is 0. The third kappa shape index (κ3) is 4.24. The van der Waals surface area contributed by atoms with E-state index in [4.69, 9.17) is 10.5 Å². The van der Waals surface area contributed by atoms with E-state index in [2.05, 4.69) is 11.0 Å². The predicted molar refractivity (Wildman–Crippen MR) is 78.3 cm³/mol. The van der Waals surface area contributed by atoms with Crippen molar-refractivity contribution in [2.75, 3.05) is 24.6 Å². The number of ether oxygens (including phenoxy) is 1. The molecule has 0 radical (unpaired) electrons. The van der Waals surface area contributed by atoms with Crippen molar-refractivity contribution < 1.29 is 9.53 Å². The van der Waals surface area contributed by atoms with E-state index in [0.717, 1.165) is 12.2 Å². The van der Waals surface area contributed by atoms with Gasteiger partial charge in [0.05, 0.1) is 6.61 Å². The van der Waals surface area contributed by atoms with E-state index in [-0.39, 0.29) is 5.97 Å². The molecule has 19 heavy (non-hydrogen) atoms. The minimum atomic E-state index is -1.00. The summed E-state index contributed by atoms with van der Waals surface area (Å²) < 4.78 is 5.02. The number of aryl methyl sites for hydroxylation is 1. The first-order valence-electron chi connectivity index (χ1n) is 6.68. The van der Waals surface area contributed by atoms with Gasteiger partial charge >= 0.3 is 5.97 Å². The van der Waals surface area contributed by atoms with E-state index in [0.29, 0.717) is 13.2 Å². The zero-order valence-electron chi connectivity index (χ0n) is 12.3. The summed E-state index contributed by atoms with van der Waals surface area (Å²) in [6, 6.07) is 8.17. The van der Waals surface area contributed by atoms with Gasteiger partial charge in [-0.2, -0.15) is 0 Å². The normalized spacial score (nSPS) is 13.7. The lowest BCUT2D eigenvalue weighted by atomic mass is 10.0. The maximum Gasteiger partial charge on any atom is 0.327 e. The fraction of sp³-hybridized carbons (Fsp3) is 0.533. The van der Waals surface area contributed by atoms with Crippen LogP contribution in [0.2, 0.25) is 0 Å². The first-order chi connectivity index (χ1) is 8.90. The minimum absolute atomic E-state index is 0.349. The van der Waals surface area contributed by atoms with E-state index in [1.807, 2.05) is 32.0 Å². The Labute approximate surface area is 115 Å². The Morgan fingerprint density at radius 1 is 1.42 bits per heavy atom. The van der Waals surface area contributed by atoms with Gasteiger partial charge in [-0.3, -0.25) is 0 Å². The molecule has 0 spiro atoms. The number of anilines is 1. The zero-order valence-corrected chi connectivity index (χ0v) is 12.3. The number of carbonyl (C=O) groups is 1. The van der Waals surface area contributed by atoms with Gasteiger partial charge in [0.15, 0.2) is 0 Å². The quantitative estimate of drug-likeness (QED) is 0.799. The fourth-order valence-corrected chi connectivity index (χ4v) is 1.97. The Hall–Kier alpha value is -1.55. The van der Waals surface area contributed by atoms with Gasteiger partial charge in [0, 0.05) is 18.8 Å². The summed E-state index contributed by atoms with van der Waals surface area (Å²) in [5.74, 6) is -0.360. The minimum Gasteiger partial charge on any atom is -0.465 e. The Balaban J connectivity index is 2.85. The Kier molecular flexibility index (Phi) is 5.36. The van der Waals surface area contributed by atoms with Crippen LogP contribution in [0.5, 0.6) is 0 Å². The number of likely N-dealkylation sites (N-methyl/N-ethyl adjacent to an activating group) is 1. The van der Waals surface area contributed by atoms with E-state index in [9.17, 15) is 4.79 Å². The molecule has 1 aromatic carbocycles. The number of rotatable bonds is 6. The van der Waals surface area contributed by atoms with Crippen molar-refractivity contribution in [3.63, 3.8) is 0 Å². The fourth-order valence-electron chi connectivity index (χ4n) is 1.97. The van der Waals surface area contributed by atoms with Crippen molar-refractivity contribution >= 4 is 11.7 Å². The smallest absolute Gasteiger partial charge is 0.327 e. The molecule has 0 aliphatic carbocycles. The van der Waals surface area contributed by atoms with Crippen LogP contribution in [0.15, 0.2) is 24.3 Å². The summed E-state index contributed by atoms with van der Waals surface area (Å²) in [5, 5.41) is 0. The summed E-state index contributed by atoms with van der Waals surface area (Å²) >= 11 is 0. The van der Waals surface area contributed by atoms with Crippen LogP contribution in [-0.2, 0) is 9.53 Å². The van der Waals surface area contributed by atoms with Gasteiger partial charge in [-0.1, -0.05) is 12.1 Å². The number of hydrogen-bond acceptors (Lipinski definition) is 4. The first-order valence-corrected chi connectivity index (χ1v) is 6.68. The highest BCUT2D eigenvalue weighted by Gasteiger charge is 2.32. The lowest BCUT2D eigenvalue weighted by Crippen LogP contribution is -2.54. The summed E-state index contributed by atoms with van der Waals surface area (Å²) in [4.78, 5) is 13.9. The molecule has 106 valence electrons. The van der Waals surface area contributed by atoms with Gasteiger partial charge in [-0.15, -0.1) is 0 Å². The van der Waals surface area contributed by atoms with Gasteiger partial charge in [-0.25, -0.2) is 4.79 Å². The maximum absolute atomic E-state index is 11.8. The average molecular weight is 264 g/mol. The summed E-state index contributed by atoms with van der Waals surface area (Å²) in [7, 11) is 0. The lowest BCUT2D eigenvalue weighted by molar-refractivity contribution is -0.148. The molecule has 0 fully saturated rings. The molecule has 0 aromatic heterocycles. The lowest BCUT2D eigenvalue weighted by Gasteiger charge is -2.31. The molecule has 1 unspecified atom stereocenters. The number of benzene rings is 1.